The van der Waals surface area contributed by atoms with Crippen molar-refractivity contribution in [2.75, 3.05) is 0 Å². The van der Waals surface area contributed by atoms with E-state index in [0.717, 1.165) is 5.92 Å². The monoisotopic (exact) mass is 463 g/mol. The van der Waals surface area contributed by atoms with Crippen molar-refractivity contribution in [3.05, 3.63) is 0 Å². The zero-order valence-electron chi connectivity index (χ0n) is 26.9. The summed E-state index contributed by atoms with van der Waals surface area (Å²) in [6.45, 7) is 32.0. The fourth-order valence-corrected chi connectivity index (χ4v) is 2.15. The Kier molecular flexibility index (Phi) is 119. The lowest BCUT2D eigenvalue weighted by atomic mass is 10.0. The van der Waals surface area contributed by atoms with Crippen LogP contribution in [0.1, 0.15) is 207 Å². The first-order chi connectivity index (χ1) is 15.6. The van der Waals surface area contributed by atoms with Gasteiger partial charge in [-0.15, -0.1) is 0 Å². The second-order valence-electron chi connectivity index (χ2n) is 7.84. The van der Waals surface area contributed by atoms with Gasteiger partial charge in [0, 0.05) is 0 Å². The van der Waals surface area contributed by atoms with Gasteiger partial charge in [-0.05, 0) is 5.92 Å². The van der Waals surface area contributed by atoms with E-state index in [2.05, 4.69) is 62.3 Å². The highest BCUT2D eigenvalue weighted by molar-refractivity contribution is 4.50. The lowest BCUT2D eigenvalue weighted by Gasteiger charge is -2.06. The molecule has 0 aromatic rings. The second-order valence-corrected chi connectivity index (χ2v) is 7.84. The SMILES string of the molecule is CC.CC.CC.CCC.CCCC.CCCCCCC(C)CC.CCCCCCCCC. The minimum Gasteiger partial charge on any atom is -0.0683 e. The molecular weight excluding hydrogens is 384 g/mol. The zero-order chi connectivity index (χ0) is 26.9. The summed E-state index contributed by atoms with van der Waals surface area (Å²) < 4.78 is 0. The van der Waals surface area contributed by atoms with E-state index in [0.29, 0.717) is 0 Å². The van der Waals surface area contributed by atoms with Gasteiger partial charge in [0.1, 0.15) is 0 Å². The molecule has 0 rings (SSSR count). The van der Waals surface area contributed by atoms with Crippen molar-refractivity contribution >= 4 is 0 Å². The molecule has 0 heterocycles. The minimum atomic E-state index is 0.955. The molecule has 1 atom stereocenters. The van der Waals surface area contributed by atoms with Crippen molar-refractivity contribution in [1.82, 2.24) is 0 Å². The van der Waals surface area contributed by atoms with Gasteiger partial charge in [-0.1, -0.05) is 207 Å². The van der Waals surface area contributed by atoms with Crippen molar-refractivity contribution in [1.29, 1.82) is 0 Å². The highest BCUT2D eigenvalue weighted by atomic mass is 14.0. The van der Waals surface area contributed by atoms with E-state index in [1.165, 1.54) is 103 Å². The van der Waals surface area contributed by atoms with Crippen LogP contribution in [-0.2, 0) is 0 Å². The molecule has 0 spiro atoms. The summed E-state index contributed by atoms with van der Waals surface area (Å²) in [5.41, 5.74) is 0. The first-order valence-electron chi connectivity index (χ1n) is 15.6. The molecule has 0 aliphatic heterocycles. The van der Waals surface area contributed by atoms with E-state index in [1.54, 1.807) is 0 Å². The van der Waals surface area contributed by atoms with Gasteiger partial charge in [-0.2, -0.15) is 0 Å². The van der Waals surface area contributed by atoms with Gasteiger partial charge in [0.25, 0.3) is 0 Å². The molecule has 0 aromatic heterocycles. The van der Waals surface area contributed by atoms with Gasteiger partial charge in [-0.25, -0.2) is 0 Å². The Morgan fingerprint density at radius 1 is 0.375 bits per heavy atom. The van der Waals surface area contributed by atoms with Gasteiger partial charge in [0.15, 0.2) is 0 Å². The number of hydrogen-bond acceptors (Lipinski definition) is 0. The fourth-order valence-electron chi connectivity index (χ4n) is 2.15. The van der Waals surface area contributed by atoms with Crippen LogP contribution in [0.25, 0.3) is 0 Å². The van der Waals surface area contributed by atoms with E-state index in [9.17, 15) is 0 Å². The Bertz CT molecular complexity index is 153. The van der Waals surface area contributed by atoms with Crippen molar-refractivity contribution in [3.8, 4) is 0 Å². The normalized spacial score (nSPS) is 9.09. The number of rotatable bonds is 13. The summed E-state index contributed by atoms with van der Waals surface area (Å²) in [5.74, 6) is 0.955. The standard InChI is InChI=1S/C10H22.C9H20.C4H10.C3H8.3C2H6/c1-4-6-7-8-9-10(3)5-2;1-3-5-7-9-8-6-4-2;1-3-4-2;1-3-2;3*1-2/h10H,4-9H2,1-3H3;3-9H2,1-2H3;3-4H2,1-2H3;3H2,1-2H3;3*1-2H3. The van der Waals surface area contributed by atoms with Crippen LogP contribution < -0.4 is 0 Å². The van der Waals surface area contributed by atoms with Crippen molar-refractivity contribution in [3.63, 3.8) is 0 Å². The average molecular weight is 463 g/mol. The van der Waals surface area contributed by atoms with E-state index in [1.807, 2.05) is 41.5 Å². The van der Waals surface area contributed by atoms with E-state index in [4.69, 9.17) is 0 Å². The summed E-state index contributed by atoms with van der Waals surface area (Å²) in [6.07, 6.45) is 22.3. The quantitative estimate of drug-likeness (QED) is 0.239. The third-order valence-electron chi connectivity index (χ3n) is 4.45. The summed E-state index contributed by atoms with van der Waals surface area (Å²) in [5, 5.41) is 0. The van der Waals surface area contributed by atoms with Crippen LogP contribution in [0.2, 0.25) is 0 Å². The van der Waals surface area contributed by atoms with Gasteiger partial charge in [0.05, 0.1) is 0 Å². The molecule has 0 nitrogen and oxygen atoms in total. The fraction of sp³-hybridized carbons (Fsp3) is 1.00. The van der Waals surface area contributed by atoms with Crippen LogP contribution in [0.5, 0.6) is 0 Å². The predicted octanol–water partition coefficient (Wildman–Crippen LogP) is 14.1. The summed E-state index contributed by atoms with van der Waals surface area (Å²) in [4.78, 5) is 0. The molecule has 0 aliphatic rings. The molecule has 0 fully saturated rings. The topological polar surface area (TPSA) is 0 Å². The first-order valence-corrected chi connectivity index (χ1v) is 15.6. The van der Waals surface area contributed by atoms with Crippen LogP contribution in [0, 0.1) is 5.92 Å². The highest BCUT2D eigenvalue weighted by Gasteiger charge is 1.96. The molecule has 0 N–H and O–H groups in total. The molecule has 32 heavy (non-hydrogen) atoms. The third kappa shape index (κ3) is 112. The summed E-state index contributed by atoms with van der Waals surface area (Å²) >= 11 is 0. The maximum absolute atomic E-state index is 2.35. The van der Waals surface area contributed by atoms with Crippen LogP contribution in [-0.4, -0.2) is 0 Å². The lowest BCUT2D eigenvalue weighted by molar-refractivity contribution is 0.477. The molecule has 0 saturated heterocycles. The van der Waals surface area contributed by atoms with Crippen LogP contribution in [0.4, 0.5) is 0 Å². The summed E-state index contributed by atoms with van der Waals surface area (Å²) in [7, 11) is 0. The second kappa shape index (κ2) is 77.3. The number of hydrogen-bond donors (Lipinski definition) is 0. The van der Waals surface area contributed by atoms with Gasteiger partial charge in [0.2, 0.25) is 0 Å². The Labute approximate surface area is 212 Å². The van der Waals surface area contributed by atoms with E-state index >= 15 is 0 Å². The van der Waals surface area contributed by atoms with Crippen LogP contribution in [0.3, 0.4) is 0 Å². The first kappa shape index (κ1) is 49.2. The molecule has 0 heteroatoms. The Balaban J connectivity index is -0.0000000517. The molecule has 206 valence electrons. The van der Waals surface area contributed by atoms with Crippen molar-refractivity contribution in [2.24, 2.45) is 5.92 Å². The molecule has 0 radical (unpaired) electrons. The molecule has 0 saturated carbocycles. The molecule has 1 unspecified atom stereocenters. The molecule has 0 aliphatic carbocycles. The number of unbranched alkanes of at least 4 members (excludes halogenated alkanes) is 10. The zero-order valence-corrected chi connectivity index (χ0v) is 26.9. The van der Waals surface area contributed by atoms with Gasteiger partial charge in [-0.3, -0.25) is 0 Å². The Morgan fingerprint density at radius 2 is 0.625 bits per heavy atom. The largest absolute Gasteiger partial charge is 0.0683 e. The molecule has 0 bridgehead atoms. The maximum Gasteiger partial charge on any atom is -0.0445 e. The van der Waals surface area contributed by atoms with Crippen LogP contribution in [0.15, 0.2) is 0 Å². The highest BCUT2D eigenvalue weighted by Crippen LogP contribution is 2.12. The third-order valence-corrected chi connectivity index (χ3v) is 4.45. The smallest absolute Gasteiger partial charge is 0.0445 e. The minimum absolute atomic E-state index is 0.955. The molecule has 0 aromatic carbocycles. The van der Waals surface area contributed by atoms with Crippen LogP contribution >= 0.6 is 0 Å². The Hall–Kier alpha value is 0. The Morgan fingerprint density at radius 3 is 0.844 bits per heavy atom. The van der Waals surface area contributed by atoms with Gasteiger partial charge >= 0.3 is 0 Å². The van der Waals surface area contributed by atoms with E-state index in [-0.39, 0.29) is 0 Å². The van der Waals surface area contributed by atoms with Crippen molar-refractivity contribution < 1.29 is 0 Å². The molecule has 0 amide bonds. The lowest BCUT2D eigenvalue weighted by Crippen LogP contribution is -1.91. The van der Waals surface area contributed by atoms with Crippen molar-refractivity contribution in [2.45, 2.75) is 207 Å². The van der Waals surface area contributed by atoms with Gasteiger partial charge < -0.3 is 0 Å². The summed E-state index contributed by atoms with van der Waals surface area (Å²) in [6, 6.07) is 0. The molecular formula is C32H78. The maximum atomic E-state index is 2.35. The predicted molar refractivity (Wildman–Crippen MR) is 162 cm³/mol. The average Bonchev–Trinajstić information content (AvgIpc) is 2.86. The van der Waals surface area contributed by atoms with E-state index < -0.39 is 0 Å².